The van der Waals surface area contributed by atoms with Crippen molar-refractivity contribution in [1.82, 2.24) is 15.0 Å². The number of aromatic amines is 1. The van der Waals surface area contributed by atoms with Crippen molar-refractivity contribution in [2.75, 3.05) is 0 Å². The number of amides is 1. The molecule has 0 unspecified atom stereocenters. The minimum atomic E-state index is -4.47. The third-order valence-corrected chi connectivity index (χ3v) is 3.90. The van der Waals surface area contributed by atoms with Gasteiger partial charge in [0.25, 0.3) is 0 Å². The van der Waals surface area contributed by atoms with Crippen LogP contribution < -0.4 is 11.4 Å². The first-order chi connectivity index (χ1) is 12.6. The largest absolute Gasteiger partial charge is 0.416 e. The number of halogens is 3. The van der Waals surface area contributed by atoms with Crippen molar-refractivity contribution in [3.8, 4) is 22.8 Å². The number of alkyl halides is 3. The number of aromatic nitrogens is 3. The lowest BCUT2D eigenvalue weighted by Crippen LogP contribution is -2.15. The Labute approximate surface area is 150 Å². The van der Waals surface area contributed by atoms with E-state index in [1.165, 1.54) is 24.3 Å². The summed E-state index contributed by atoms with van der Waals surface area (Å²) < 4.78 is 38.1. The van der Waals surface area contributed by atoms with Gasteiger partial charge < -0.3 is 5.73 Å². The molecule has 0 saturated carbocycles. The van der Waals surface area contributed by atoms with Gasteiger partial charge in [-0.05, 0) is 36.8 Å². The van der Waals surface area contributed by atoms with Crippen molar-refractivity contribution >= 4 is 5.91 Å². The van der Waals surface area contributed by atoms with Gasteiger partial charge in [0.05, 0.1) is 5.56 Å². The van der Waals surface area contributed by atoms with Gasteiger partial charge >= 0.3 is 11.9 Å². The third-order valence-electron chi connectivity index (χ3n) is 3.90. The first-order valence-corrected chi connectivity index (χ1v) is 7.72. The molecule has 0 radical (unpaired) electrons. The fraction of sp³-hybridized carbons (Fsp3) is 0.111. The fourth-order valence-corrected chi connectivity index (χ4v) is 2.48. The van der Waals surface area contributed by atoms with Crippen LogP contribution in [0.15, 0.2) is 47.3 Å². The lowest BCUT2D eigenvalue weighted by atomic mass is 10.0. The minimum absolute atomic E-state index is 0.0358. The average molecular weight is 374 g/mol. The van der Waals surface area contributed by atoms with Crippen LogP contribution in [0.3, 0.4) is 0 Å². The third kappa shape index (κ3) is 3.86. The number of nitrogens with one attached hydrogen (secondary N) is 1. The van der Waals surface area contributed by atoms with Crippen LogP contribution in [0, 0.1) is 6.92 Å². The van der Waals surface area contributed by atoms with Crippen molar-refractivity contribution < 1.29 is 18.0 Å². The summed E-state index contributed by atoms with van der Waals surface area (Å²) in [5.41, 5.74) is 5.38. The Morgan fingerprint density at radius 3 is 2.33 bits per heavy atom. The van der Waals surface area contributed by atoms with E-state index in [4.69, 9.17) is 5.73 Å². The highest BCUT2D eigenvalue weighted by molar-refractivity contribution is 5.94. The number of H-pyrrole nitrogens is 1. The molecular weight excluding hydrogens is 361 g/mol. The summed E-state index contributed by atoms with van der Waals surface area (Å²) in [5.74, 6) is -0.549. The lowest BCUT2D eigenvalue weighted by molar-refractivity contribution is -0.137. The van der Waals surface area contributed by atoms with Crippen LogP contribution in [0.2, 0.25) is 0 Å². The zero-order chi connectivity index (χ0) is 19.8. The first kappa shape index (κ1) is 18.3. The van der Waals surface area contributed by atoms with E-state index in [0.717, 1.165) is 12.1 Å². The quantitative estimate of drug-likeness (QED) is 0.736. The fourth-order valence-electron chi connectivity index (χ4n) is 2.48. The zero-order valence-corrected chi connectivity index (χ0v) is 14.0. The summed E-state index contributed by atoms with van der Waals surface area (Å²) in [6, 6.07) is 8.82. The molecule has 1 amide bonds. The maximum Gasteiger partial charge on any atom is 0.416 e. The number of nitrogens with zero attached hydrogens (tertiary/aromatic N) is 2. The van der Waals surface area contributed by atoms with Crippen LogP contribution in [-0.2, 0) is 6.18 Å². The van der Waals surface area contributed by atoms with Crippen LogP contribution in [0.1, 0.15) is 21.5 Å². The Kier molecular flexibility index (Phi) is 4.52. The molecule has 0 saturated heterocycles. The van der Waals surface area contributed by atoms with Gasteiger partial charge in [0.2, 0.25) is 5.91 Å². The number of aryl methyl sites for hydroxylation is 1. The van der Waals surface area contributed by atoms with Gasteiger partial charge in [0.15, 0.2) is 5.82 Å². The predicted octanol–water partition coefficient (Wildman–Crippen LogP) is 2.93. The summed E-state index contributed by atoms with van der Waals surface area (Å²) >= 11 is 0. The van der Waals surface area contributed by atoms with E-state index < -0.39 is 23.3 Å². The second-order valence-corrected chi connectivity index (χ2v) is 5.80. The summed E-state index contributed by atoms with van der Waals surface area (Å²) in [7, 11) is 0. The highest BCUT2D eigenvalue weighted by Crippen LogP contribution is 2.30. The minimum Gasteiger partial charge on any atom is -0.366 e. The Hall–Kier alpha value is -3.49. The molecule has 2 aromatic carbocycles. The SMILES string of the molecule is Cc1ccc(C(N)=O)cc1-c1nc(-c2ccc(C(F)(F)F)cc2)nc(=O)[nH]1. The number of benzene rings is 2. The second kappa shape index (κ2) is 6.67. The van der Waals surface area contributed by atoms with E-state index in [-0.39, 0.29) is 22.8 Å². The molecule has 1 heterocycles. The number of nitrogens with two attached hydrogens (primary N) is 1. The molecular formula is C18H13F3N4O2. The van der Waals surface area contributed by atoms with Gasteiger partial charge in [0, 0.05) is 16.7 Å². The van der Waals surface area contributed by atoms with Crippen molar-refractivity contribution in [2.45, 2.75) is 13.1 Å². The van der Waals surface area contributed by atoms with E-state index in [1.54, 1.807) is 13.0 Å². The second-order valence-electron chi connectivity index (χ2n) is 5.80. The first-order valence-electron chi connectivity index (χ1n) is 7.72. The van der Waals surface area contributed by atoms with Gasteiger partial charge in [-0.1, -0.05) is 18.2 Å². The molecule has 1 aromatic heterocycles. The Morgan fingerprint density at radius 2 is 1.74 bits per heavy atom. The van der Waals surface area contributed by atoms with Gasteiger partial charge in [-0.25, -0.2) is 9.78 Å². The molecule has 0 aliphatic heterocycles. The Morgan fingerprint density at radius 1 is 1.07 bits per heavy atom. The van der Waals surface area contributed by atoms with Gasteiger partial charge in [-0.15, -0.1) is 0 Å². The monoisotopic (exact) mass is 374 g/mol. The zero-order valence-electron chi connectivity index (χ0n) is 14.0. The molecule has 9 heteroatoms. The Balaban J connectivity index is 2.09. The van der Waals surface area contributed by atoms with Crippen molar-refractivity contribution in [2.24, 2.45) is 5.73 Å². The smallest absolute Gasteiger partial charge is 0.366 e. The van der Waals surface area contributed by atoms with E-state index in [9.17, 15) is 22.8 Å². The van der Waals surface area contributed by atoms with E-state index in [0.29, 0.717) is 11.1 Å². The number of rotatable bonds is 3. The number of carbonyl (C=O) groups excluding carboxylic acids is 1. The molecule has 27 heavy (non-hydrogen) atoms. The standard InChI is InChI=1S/C18H13F3N4O2/c1-9-2-3-11(14(22)26)8-13(9)16-23-15(24-17(27)25-16)10-4-6-12(7-5-10)18(19,20)21/h2-8H,1H3,(H2,22,26)(H,23,24,25,27). The maximum absolute atomic E-state index is 12.7. The number of hydrogen-bond acceptors (Lipinski definition) is 4. The number of primary amides is 1. The van der Waals surface area contributed by atoms with Crippen LogP contribution >= 0.6 is 0 Å². The molecule has 0 aliphatic rings. The summed E-state index contributed by atoms with van der Waals surface area (Å²) in [5, 5.41) is 0. The summed E-state index contributed by atoms with van der Waals surface area (Å²) in [4.78, 5) is 33.7. The summed E-state index contributed by atoms with van der Waals surface area (Å²) in [6.45, 7) is 1.75. The van der Waals surface area contributed by atoms with Crippen LogP contribution in [0.4, 0.5) is 13.2 Å². The predicted molar refractivity (Wildman–Crippen MR) is 91.8 cm³/mol. The number of hydrogen-bond donors (Lipinski definition) is 2. The molecule has 0 bridgehead atoms. The van der Waals surface area contributed by atoms with Crippen molar-refractivity contribution in [3.05, 3.63) is 69.6 Å². The average Bonchev–Trinajstić information content (AvgIpc) is 2.60. The molecule has 0 atom stereocenters. The number of carbonyl (C=O) groups is 1. The lowest BCUT2D eigenvalue weighted by Gasteiger charge is -2.09. The van der Waals surface area contributed by atoms with Crippen LogP contribution in [0.5, 0.6) is 0 Å². The van der Waals surface area contributed by atoms with Crippen molar-refractivity contribution in [3.63, 3.8) is 0 Å². The normalized spacial score (nSPS) is 11.4. The topological polar surface area (TPSA) is 102 Å². The highest BCUT2D eigenvalue weighted by atomic mass is 19.4. The summed E-state index contributed by atoms with van der Waals surface area (Å²) in [6.07, 6.45) is -4.47. The molecule has 0 fully saturated rings. The molecule has 138 valence electrons. The molecule has 3 rings (SSSR count). The molecule has 3 aromatic rings. The van der Waals surface area contributed by atoms with E-state index >= 15 is 0 Å². The van der Waals surface area contributed by atoms with Gasteiger partial charge in [-0.2, -0.15) is 18.2 Å². The highest BCUT2D eigenvalue weighted by Gasteiger charge is 2.30. The maximum atomic E-state index is 12.7. The van der Waals surface area contributed by atoms with E-state index in [2.05, 4.69) is 15.0 Å². The Bertz CT molecular complexity index is 1070. The van der Waals surface area contributed by atoms with Gasteiger partial charge in [0.1, 0.15) is 5.82 Å². The molecule has 0 aliphatic carbocycles. The van der Waals surface area contributed by atoms with E-state index in [1.807, 2.05) is 0 Å². The molecule has 3 N–H and O–H groups in total. The van der Waals surface area contributed by atoms with Crippen LogP contribution in [0.25, 0.3) is 22.8 Å². The van der Waals surface area contributed by atoms with Crippen LogP contribution in [-0.4, -0.2) is 20.9 Å². The van der Waals surface area contributed by atoms with Crippen molar-refractivity contribution in [1.29, 1.82) is 0 Å². The van der Waals surface area contributed by atoms with Gasteiger partial charge in [-0.3, -0.25) is 9.78 Å². The molecule has 6 nitrogen and oxygen atoms in total. The molecule has 0 spiro atoms.